The van der Waals surface area contributed by atoms with Crippen molar-refractivity contribution in [2.24, 2.45) is 0 Å². The molecule has 0 N–H and O–H groups in total. The molecule has 0 spiro atoms. The molecule has 0 amide bonds. The first kappa shape index (κ1) is 8.11. The molecule has 1 fully saturated rings. The van der Waals surface area contributed by atoms with Gasteiger partial charge in [0, 0.05) is 0 Å². The zero-order valence-corrected chi connectivity index (χ0v) is 4.15. The molecule has 0 atom stereocenters. The Bertz CT molecular complexity index is 64.0. The number of hydrogen-bond donors (Lipinski definition) is 1. The monoisotopic (exact) mass is 130 g/mol. The van der Waals surface area contributed by atoms with E-state index in [-0.39, 0.29) is 41.5 Å². The molecular weight excluding hydrogens is 123 g/mol. The van der Waals surface area contributed by atoms with Gasteiger partial charge < -0.3 is 0 Å². The Hall–Kier alpha value is 1.11. The number of thiol groups is 1. The fraction of sp³-hybridized carbons (Fsp3) is 1.00. The van der Waals surface area contributed by atoms with Crippen LogP contribution in [0.4, 0.5) is 0 Å². The Morgan fingerprint density at radius 1 is 1.57 bits per heavy atom. The van der Waals surface area contributed by atoms with E-state index in [2.05, 4.69) is 4.18 Å². The molecule has 0 bridgehead atoms. The van der Waals surface area contributed by atoms with Crippen LogP contribution in [0, 0.1) is 0 Å². The van der Waals surface area contributed by atoms with Crippen molar-refractivity contribution in [2.45, 2.75) is 18.9 Å². The molecule has 0 saturated heterocycles. The number of hydrogen-bond acceptors (Lipinski definition) is 2. The van der Waals surface area contributed by atoms with Gasteiger partial charge in [0.05, 0.1) is 6.10 Å². The molecule has 7 heavy (non-hydrogen) atoms. The molecule has 1 aliphatic carbocycles. The maximum absolute atomic E-state index is 9.53. The van der Waals surface area contributed by atoms with Crippen LogP contribution in [-0.4, -0.2) is 39.9 Å². The molecule has 0 aromatic carbocycles. The predicted octanol–water partition coefficient (Wildman–Crippen LogP) is -0.623. The van der Waals surface area contributed by atoms with Crippen molar-refractivity contribution in [2.75, 3.05) is 0 Å². The second-order valence-electron chi connectivity index (χ2n) is 1.38. The third kappa shape index (κ3) is 3.67. The Morgan fingerprint density at radius 3 is 2.29 bits per heavy atom. The van der Waals surface area contributed by atoms with Gasteiger partial charge in [-0.15, -0.1) is 0 Å². The second-order valence-corrected chi connectivity index (χ2v) is 1.74. The molecule has 0 radical (unpaired) electrons. The van der Waals surface area contributed by atoms with E-state index >= 15 is 0 Å². The van der Waals surface area contributed by atoms with Gasteiger partial charge in [0.15, 0.2) is 0 Å². The Morgan fingerprint density at radius 2 is 2.14 bits per heavy atom. The third-order valence-electron chi connectivity index (χ3n) is 0.716. The summed E-state index contributed by atoms with van der Waals surface area (Å²) in [7, 11) is 0. The average Bonchev–Trinajstić information content (AvgIpc) is 2.21. The maximum atomic E-state index is 9.53. The molecule has 1 rings (SSSR count). The summed E-state index contributed by atoms with van der Waals surface area (Å²) in [6.07, 6.45) is 2.51. The zero-order chi connectivity index (χ0) is 4.41. The van der Waals surface area contributed by atoms with E-state index in [1.165, 1.54) is 0 Å². The molecule has 1 saturated carbocycles. The summed E-state index contributed by atoms with van der Waals surface area (Å²) in [5.74, 6) is 0. The summed E-state index contributed by atoms with van der Waals surface area (Å²) in [5.41, 5.74) is 0. The van der Waals surface area contributed by atoms with Crippen LogP contribution in [-0.2, 0) is 16.1 Å². The quantitative estimate of drug-likeness (QED) is 0.398. The summed E-state index contributed by atoms with van der Waals surface area (Å²) in [6, 6.07) is 0. The van der Waals surface area contributed by atoms with Crippen LogP contribution in [0.25, 0.3) is 0 Å². The van der Waals surface area contributed by atoms with Gasteiger partial charge in [0.25, 0.3) is 0 Å². The predicted molar refractivity (Wildman–Crippen MR) is 30.8 cm³/mol. The fourth-order valence-corrected chi connectivity index (χ4v) is 0.567. The van der Waals surface area contributed by atoms with Gasteiger partial charge in [0.2, 0.25) is 0 Å². The zero-order valence-electron chi connectivity index (χ0n) is 3.26. The SMILES string of the molecule is O=[SH]OC1CC1.[NaH]. The van der Waals surface area contributed by atoms with E-state index in [9.17, 15) is 4.21 Å². The van der Waals surface area contributed by atoms with Gasteiger partial charge in [-0.25, -0.2) is 4.21 Å². The first-order valence-corrected chi connectivity index (χ1v) is 2.65. The van der Waals surface area contributed by atoms with Crippen LogP contribution >= 0.6 is 0 Å². The van der Waals surface area contributed by atoms with Gasteiger partial charge in [-0.1, -0.05) is 0 Å². The van der Waals surface area contributed by atoms with Crippen LogP contribution in [0.15, 0.2) is 0 Å². The summed E-state index contributed by atoms with van der Waals surface area (Å²) >= 11 is -0.164. The van der Waals surface area contributed by atoms with Crippen molar-refractivity contribution in [3.63, 3.8) is 0 Å². The molecule has 0 heterocycles. The van der Waals surface area contributed by atoms with E-state index in [1.54, 1.807) is 0 Å². The molecule has 1 aliphatic rings. The van der Waals surface area contributed by atoms with Crippen molar-refractivity contribution < 1.29 is 8.39 Å². The van der Waals surface area contributed by atoms with Crippen LogP contribution in [0.3, 0.4) is 0 Å². The van der Waals surface area contributed by atoms with Gasteiger partial charge in [0.1, 0.15) is 11.9 Å². The topological polar surface area (TPSA) is 26.3 Å². The summed E-state index contributed by atoms with van der Waals surface area (Å²) in [6.45, 7) is 0. The Kier molecular flexibility index (Phi) is 4.68. The van der Waals surface area contributed by atoms with Gasteiger partial charge in [-0.3, -0.25) is 4.18 Å². The number of rotatable bonds is 2. The first-order valence-electron chi connectivity index (χ1n) is 1.92. The molecule has 4 heteroatoms. The Balaban J connectivity index is 0.000000360. The standard InChI is InChI=1S/C3H6O2S.Na.H/c4-6-5-3-1-2-3;;/h3,6H,1-2H2;;. The van der Waals surface area contributed by atoms with E-state index < -0.39 is 0 Å². The second kappa shape index (κ2) is 4.04. The van der Waals surface area contributed by atoms with E-state index in [0.717, 1.165) is 12.8 Å². The summed E-state index contributed by atoms with van der Waals surface area (Å²) in [5, 5.41) is 0. The normalized spacial score (nSPS) is 18.3. The molecule has 0 aliphatic heterocycles. The summed E-state index contributed by atoms with van der Waals surface area (Å²) in [4.78, 5) is 0. The first-order chi connectivity index (χ1) is 2.93. The third-order valence-corrected chi connectivity index (χ3v) is 1.10. The minimum absolute atomic E-state index is 0. The average molecular weight is 130 g/mol. The molecule has 38 valence electrons. The van der Waals surface area contributed by atoms with E-state index in [4.69, 9.17) is 0 Å². The fourth-order valence-electron chi connectivity index (χ4n) is 0.234. The van der Waals surface area contributed by atoms with Crippen LogP contribution in [0.5, 0.6) is 0 Å². The van der Waals surface area contributed by atoms with Gasteiger partial charge in [-0.05, 0) is 12.8 Å². The van der Waals surface area contributed by atoms with Crippen LogP contribution in [0.1, 0.15) is 12.8 Å². The molecule has 2 nitrogen and oxygen atoms in total. The summed E-state index contributed by atoms with van der Waals surface area (Å²) < 4.78 is 14.1. The van der Waals surface area contributed by atoms with Crippen molar-refractivity contribution in [3.05, 3.63) is 0 Å². The Labute approximate surface area is 68.6 Å². The van der Waals surface area contributed by atoms with E-state index in [1.807, 2.05) is 0 Å². The van der Waals surface area contributed by atoms with Crippen molar-refractivity contribution in [1.82, 2.24) is 0 Å². The molecule has 0 aromatic heterocycles. The van der Waals surface area contributed by atoms with Crippen molar-refractivity contribution in [1.29, 1.82) is 0 Å². The van der Waals surface area contributed by atoms with Crippen molar-refractivity contribution >= 4 is 41.5 Å². The minimum atomic E-state index is -0.164. The van der Waals surface area contributed by atoms with Gasteiger partial charge in [-0.2, -0.15) is 0 Å². The molecular formula is C3H7NaO2S. The van der Waals surface area contributed by atoms with E-state index in [0.29, 0.717) is 6.10 Å². The van der Waals surface area contributed by atoms with Crippen LogP contribution < -0.4 is 0 Å². The van der Waals surface area contributed by atoms with Crippen molar-refractivity contribution in [3.8, 4) is 0 Å². The van der Waals surface area contributed by atoms with Crippen LogP contribution in [0.2, 0.25) is 0 Å². The van der Waals surface area contributed by atoms with Gasteiger partial charge >= 0.3 is 29.6 Å². The molecule has 0 aromatic rings. The molecule has 0 unspecified atom stereocenters.